The maximum atomic E-state index is 12.9. The van der Waals surface area contributed by atoms with Gasteiger partial charge in [0.25, 0.3) is 5.91 Å². The Hall–Kier alpha value is -3.67. The lowest BCUT2D eigenvalue weighted by Gasteiger charge is -2.19. The molecule has 148 valence electrons. The third-order valence-electron chi connectivity index (χ3n) is 4.16. The minimum atomic E-state index is -1.13. The van der Waals surface area contributed by atoms with Crippen LogP contribution in [0.1, 0.15) is 34.5 Å². The number of nitrogens with one attached hydrogen (secondary N) is 1. The van der Waals surface area contributed by atoms with Crippen molar-refractivity contribution in [1.82, 2.24) is 4.98 Å². The van der Waals surface area contributed by atoms with Crippen molar-refractivity contribution >= 4 is 17.6 Å². The highest BCUT2D eigenvalue weighted by Gasteiger charge is 2.27. The van der Waals surface area contributed by atoms with E-state index in [4.69, 9.17) is 9.47 Å². The topological polar surface area (TPSA) is 77.5 Å². The molecule has 1 N–H and O–H groups in total. The molecule has 0 spiro atoms. The number of benzene rings is 2. The lowest BCUT2D eigenvalue weighted by atomic mass is 10.1. The van der Waals surface area contributed by atoms with E-state index in [9.17, 15) is 9.59 Å². The molecule has 0 unspecified atom stereocenters. The van der Waals surface area contributed by atoms with Crippen LogP contribution in [0, 0.1) is 6.92 Å². The van der Waals surface area contributed by atoms with E-state index in [2.05, 4.69) is 10.3 Å². The van der Waals surface area contributed by atoms with Gasteiger partial charge < -0.3 is 14.8 Å². The monoisotopic (exact) mass is 390 g/mol. The van der Waals surface area contributed by atoms with E-state index in [1.54, 1.807) is 55.5 Å². The molecule has 0 aliphatic rings. The van der Waals surface area contributed by atoms with Crippen molar-refractivity contribution in [2.45, 2.75) is 20.0 Å². The second kappa shape index (κ2) is 9.50. The number of amides is 1. The fourth-order valence-corrected chi connectivity index (χ4v) is 2.71. The summed E-state index contributed by atoms with van der Waals surface area (Å²) in [4.78, 5) is 29.8. The van der Waals surface area contributed by atoms with Crippen molar-refractivity contribution in [2.75, 3.05) is 11.9 Å². The summed E-state index contributed by atoms with van der Waals surface area (Å²) < 4.78 is 11.0. The van der Waals surface area contributed by atoms with Crippen molar-refractivity contribution < 1.29 is 19.1 Å². The van der Waals surface area contributed by atoms with Crippen LogP contribution in [-0.2, 0) is 9.53 Å². The van der Waals surface area contributed by atoms with Crippen molar-refractivity contribution in [2.24, 2.45) is 0 Å². The van der Waals surface area contributed by atoms with Crippen LogP contribution in [0.2, 0.25) is 0 Å². The highest BCUT2D eigenvalue weighted by molar-refractivity contribution is 5.98. The highest BCUT2D eigenvalue weighted by Crippen LogP contribution is 2.24. The van der Waals surface area contributed by atoms with E-state index in [1.165, 1.54) is 6.20 Å². The zero-order chi connectivity index (χ0) is 20.6. The Morgan fingerprint density at radius 3 is 2.41 bits per heavy atom. The number of hydrogen-bond acceptors (Lipinski definition) is 5. The van der Waals surface area contributed by atoms with Crippen molar-refractivity contribution in [1.29, 1.82) is 0 Å². The van der Waals surface area contributed by atoms with Gasteiger partial charge in [-0.15, -0.1) is 0 Å². The summed E-state index contributed by atoms with van der Waals surface area (Å²) in [7, 11) is 0. The maximum Gasteiger partial charge on any atom is 0.344 e. The molecule has 0 aliphatic heterocycles. The van der Waals surface area contributed by atoms with Crippen LogP contribution in [0.3, 0.4) is 0 Å². The van der Waals surface area contributed by atoms with Gasteiger partial charge in [0.1, 0.15) is 5.56 Å². The normalized spacial score (nSPS) is 11.4. The molecule has 1 atom stereocenters. The molecule has 1 amide bonds. The fraction of sp³-hybridized carbons (Fsp3) is 0.174. The van der Waals surface area contributed by atoms with Crippen LogP contribution in [0.4, 0.5) is 5.69 Å². The molecule has 0 saturated carbocycles. The number of anilines is 1. The lowest BCUT2D eigenvalue weighted by molar-refractivity contribution is -0.125. The molecule has 0 bridgehead atoms. The molecule has 0 saturated heterocycles. The van der Waals surface area contributed by atoms with Gasteiger partial charge in [-0.25, -0.2) is 9.78 Å². The number of ether oxygens (including phenoxy) is 2. The van der Waals surface area contributed by atoms with Gasteiger partial charge in [-0.3, -0.25) is 4.79 Å². The van der Waals surface area contributed by atoms with Gasteiger partial charge in [0.05, 0.1) is 6.61 Å². The van der Waals surface area contributed by atoms with Gasteiger partial charge >= 0.3 is 5.97 Å². The molecule has 0 fully saturated rings. The second-order valence-electron chi connectivity index (χ2n) is 6.34. The van der Waals surface area contributed by atoms with Crippen LogP contribution in [0.25, 0.3) is 0 Å². The molecule has 6 heteroatoms. The molecule has 2 aromatic carbocycles. The minimum absolute atomic E-state index is 0.165. The minimum Gasteiger partial charge on any atom is -0.477 e. The van der Waals surface area contributed by atoms with Gasteiger partial charge in [0.15, 0.2) is 0 Å². The Morgan fingerprint density at radius 1 is 1.00 bits per heavy atom. The molecule has 0 aliphatic carbocycles. The van der Waals surface area contributed by atoms with Gasteiger partial charge in [0, 0.05) is 17.4 Å². The zero-order valence-electron chi connectivity index (χ0n) is 16.3. The first-order valence-corrected chi connectivity index (χ1v) is 9.29. The largest absolute Gasteiger partial charge is 0.477 e. The molecule has 6 nitrogen and oxygen atoms in total. The standard InChI is InChI=1S/C23H22N2O4/c1-3-28-22-19(10-7-15-24-22)23(27)29-20(17-8-5-4-6-9-17)21(26)25-18-13-11-16(2)12-14-18/h4-15,20H,3H2,1-2H3,(H,25,26)/t20-/m0/s1. The summed E-state index contributed by atoms with van der Waals surface area (Å²) in [6.07, 6.45) is 0.403. The van der Waals surface area contributed by atoms with Crippen LogP contribution in [0.5, 0.6) is 5.88 Å². The fourth-order valence-electron chi connectivity index (χ4n) is 2.71. The number of rotatable bonds is 7. The number of carbonyl (C=O) groups excluding carboxylic acids is 2. The van der Waals surface area contributed by atoms with E-state index in [-0.39, 0.29) is 11.4 Å². The van der Waals surface area contributed by atoms with E-state index < -0.39 is 18.0 Å². The Labute approximate surface area is 169 Å². The van der Waals surface area contributed by atoms with Crippen LogP contribution >= 0.6 is 0 Å². The summed E-state index contributed by atoms with van der Waals surface area (Å²) in [5.41, 5.74) is 2.42. The third-order valence-corrected chi connectivity index (χ3v) is 4.16. The Morgan fingerprint density at radius 2 is 1.72 bits per heavy atom. The lowest BCUT2D eigenvalue weighted by Crippen LogP contribution is -2.26. The first-order valence-electron chi connectivity index (χ1n) is 9.29. The number of esters is 1. The van der Waals surface area contributed by atoms with Crippen LogP contribution < -0.4 is 10.1 Å². The number of aryl methyl sites for hydroxylation is 1. The molecule has 3 rings (SSSR count). The van der Waals surface area contributed by atoms with Crippen molar-refractivity contribution in [3.05, 3.63) is 89.6 Å². The van der Waals surface area contributed by atoms with Gasteiger partial charge in [0.2, 0.25) is 12.0 Å². The average Bonchev–Trinajstić information content (AvgIpc) is 2.74. The third kappa shape index (κ3) is 5.19. The number of hydrogen-bond donors (Lipinski definition) is 1. The predicted octanol–water partition coefficient (Wildman–Crippen LogP) is 4.33. The Bertz CT molecular complexity index is 972. The second-order valence-corrected chi connectivity index (χ2v) is 6.34. The summed E-state index contributed by atoms with van der Waals surface area (Å²) in [5, 5.41) is 2.80. The maximum absolute atomic E-state index is 12.9. The summed E-state index contributed by atoms with van der Waals surface area (Å²) >= 11 is 0. The summed E-state index contributed by atoms with van der Waals surface area (Å²) in [5.74, 6) is -0.963. The first-order chi connectivity index (χ1) is 14.1. The van der Waals surface area contributed by atoms with Crippen molar-refractivity contribution in [3.8, 4) is 5.88 Å². The van der Waals surface area contributed by atoms with E-state index >= 15 is 0 Å². The SMILES string of the molecule is CCOc1ncccc1C(=O)O[C@H](C(=O)Nc1ccc(C)cc1)c1ccccc1. The van der Waals surface area contributed by atoms with Crippen molar-refractivity contribution in [3.63, 3.8) is 0 Å². The van der Waals surface area contributed by atoms with Crippen LogP contribution in [-0.4, -0.2) is 23.5 Å². The van der Waals surface area contributed by atoms with E-state index in [0.717, 1.165) is 5.56 Å². The Balaban J connectivity index is 1.85. The molecular formula is C23H22N2O4. The molecular weight excluding hydrogens is 368 g/mol. The zero-order valence-corrected chi connectivity index (χ0v) is 16.3. The molecule has 3 aromatic rings. The molecule has 1 aromatic heterocycles. The average molecular weight is 390 g/mol. The van der Waals surface area contributed by atoms with Gasteiger partial charge in [-0.2, -0.15) is 0 Å². The van der Waals surface area contributed by atoms with E-state index in [0.29, 0.717) is 17.9 Å². The smallest absolute Gasteiger partial charge is 0.344 e. The highest BCUT2D eigenvalue weighted by atomic mass is 16.6. The van der Waals surface area contributed by atoms with Gasteiger partial charge in [-0.1, -0.05) is 48.0 Å². The number of aromatic nitrogens is 1. The molecule has 0 radical (unpaired) electrons. The number of pyridine rings is 1. The first kappa shape index (κ1) is 20.1. The van der Waals surface area contributed by atoms with Gasteiger partial charge in [-0.05, 0) is 38.1 Å². The number of carbonyl (C=O) groups is 2. The molecule has 29 heavy (non-hydrogen) atoms. The predicted molar refractivity (Wildman–Crippen MR) is 110 cm³/mol. The Kier molecular flexibility index (Phi) is 6.58. The quantitative estimate of drug-likeness (QED) is 0.608. The molecule has 1 heterocycles. The van der Waals surface area contributed by atoms with E-state index in [1.807, 2.05) is 25.1 Å². The summed E-state index contributed by atoms with van der Waals surface area (Å²) in [6, 6.07) is 19.4. The summed E-state index contributed by atoms with van der Waals surface area (Å²) in [6.45, 7) is 4.11. The van der Waals surface area contributed by atoms with Crippen LogP contribution in [0.15, 0.2) is 72.9 Å². The number of nitrogens with zero attached hydrogens (tertiary/aromatic N) is 1.